The highest BCUT2D eigenvalue weighted by atomic mass is 35.5. The Morgan fingerprint density at radius 3 is 2.76 bits per heavy atom. The van der Waals surface area contributed by atoms with Crippen LogP contribution in [0.5, 0.6) is 0 Å². The van der Waals surface area contributed by atoms with Crippen molar-refractivity contribution in [2.24, 2.45) is 0 Å². The average molecular weight is 329 g/mol. The third kappa shape index (κ3) is 3.48. The maximum absolute atomic E-state index is 12.4. The molecule has 2 aromatic rings. The van der Waals surface area contributed by atoms with Gasteiger partial charge in [-0.1, -0.05) is 24.9 Å². The molecular weight excluding hydrogens is 312 g/mol. The van der Waals surface area contributed by atoms with Crippen LogP contribution in [0.2, 0.25) is 5.02 Å². The number of hydrogen-bond acceptors (Lipinski definition) is 4. The molecule has 8 heteroatoms. The van der Waals surface area contributed by atoms with Crippen molar-refractivity contribution >= 4 is 33.1 Å². The number of aromatic amines is 1. The Kier molecular flexibility index (Phi) is 4.43. The van der Waals surface area contributed by atoms with E-state index in [9.17, 15) is 8.42 Å². The summed E-state index contributed by atoms with van der Waals surface area (Å²) in [6.07, 6.45) is 1.75. The minimum atomic E-state index is -3.76. The lowest BCUT2D eigenvalue weighted by molar-refractivity contribution is 0.600. The van der Waals surface area contributed by atoms with E-state index in [4.69, 9.17) is 17.3 Å². The Hall–Kier alpha value is -1.73. The van der Waals surface area contributed by atoms with E-state index in [1.165, 1.54) is 12.1 Å². The van der Waals surface area contributed by atoms with Crippen molar-refractivity contribution in [2.75, 3.05) is 10.5 Å². The number of halogens is 1. The van der Waals surface area contributed by atoms with Gasteiger partial charge < -0.3 is 5.73 Å². The van der Waals surface area contributed by atoms with Gasteiger partial charge >= 0.3 is 0 Å². The predicted octanol–water partition coefficient (Wildman–Crippen LogP) is 2.71. The van der Waals surface area contributed by atoms with Crippen LogP contribution in [0.4, 0.5) is 11.5 Å². The number of benzene rings is 1. The van der Waals surface area contributed by atoms with Crippen LogP contribution >= 0.6 is 11.6 Å². The quantitative estimate of drug-likeness (QED) is 0.734. The van der Waals surface area contributed by atoms with Gasteiger partial charge in [0.05, 0.1) is 15.6 Å². The molecule has 0 spiro atoms. The van der Waals surface area contributed by atoms with E-state index in [2.05, 4.69) is 14.9 Å². The number of aromatic nitrogens is 2. The molecule has 0 aliphatic carbocycles. The fourth-order valence-electron chi connectivity index (χ4n) is 1.96. The molecule has 114 valence electrons. The molecular formula is C13H17ClN4O2S. The van der Waals surface area contributed by atoms with E-state index >= 15 is 0 Å². The zero-order valence-corrected chi connectivity index (χ0v) is 13.3. The van der Waals surface area contributed by atoms with E-state index < -0.39 is 10.0 Å². The summed E-state index contributed by atoms with van der Waals surface area (Å²) in [6, 6.07) is 4.55. The van der Waals surface area contributed by atoms with Gasteiger partial charge in [0.2, 0.25) is 0 Å². The molecule has 1 aromatic heterocycles. The van der Waals surface area contributed by atoms with Gasteiger partial charge in [-0.3, -0.25) is 9.82 Å². The van der Waals surface area contributed by atoms with E-state index in [0.717, 1.165) is 18.5 Å². The Labute approximate surface area is 128 Å². The molecule has 0 fully saturated rings. The smallest absolute Gasteiger partial charge is 0.263 e. The molecule has 21 heavy (non-hydrogen) atoms. The summed E-state index contributed by atoms with van der Waals surface area (Å²) in [7, 11) is -3.76. The lowest BCUT2D eigenvalue weighted by atomic mass is 10.2. The van der Waals surface area contributed by atoms with Crippen molar-refractivity contribution in [3.05, 3.63) is 34.5 Å². The lowest BCUT2D eigenvalue weighted by Gasteiger charge is -2.10. The lowest BCUT2D eigenvalue weighted by Crippen LogP contribution is -2.15. The van der Waals surface area contributed by atoms with Gasteiger partial charge in [-0.2, -0.15) is 5.10 Å². The minimum absolute atomic E-state index is 0.0874. The number of nitrogens with two attached hydrogens (primary N) is 1. The van der Waals surface area contributed by atoms with Gasteiger partial charge in [0.15, 0.2) is 5.82 Å². The Morgan fingerprint density at radius 2 is 2.10 bits per heavy atom. The Bertz CT molecular complexity index is 756. The van der Waals surface area contributed by atoms with Crippen molar-refractivity contribution in [1.82, 2.24) is 10.2 Å². The maximum atomic E-state index is 12.4. The summed E-state index contributed by atoms with van der Waals surface area (Å²) >= 11 is 5.88. The highest BCUT2D eigenvalue weighted by molar-refractivity contribution is 7.92. The fourth-order valence-corrected chi connectivity index (χ4v) is 3.44. The molecule has 4 N–H and O–H groups in total. The first-order chi connectivity index (χ1) is 9.83. The van der Waals surface area contributed by atoms with Crippen molar-refractivity contribution in [3.8, 4) is 0 Å². The molecule has 0 unspecified atom stereocenters. The largest absolute Gasteiger partial charge is 0.397 e. The number of nitrogens with zero attached hydrogens (tertiary/aromatic N) is 1. The third-order valence-corrected chi connectivity index (χ3v) is 4.80. The van der Waals surface area contributed by atoms with Gasteiger partial charge in [0.1, 0.15) is 0 Å². The number of sulfonamides is 1. The topological polar surface area (TPSA) is 101 Å². The molecule has 0 atom stereocenters. The Morgan fingerprint density at radius 1 is 1.38 bits per heavy atom. The molecule has 1 aromatic carbocycles. The fraction of sp³-hybridized carbons (Fsp3) is 0.308. The monoisotopic (exact) mass is 328 g/mol. The second kappa shape index (κ2) is 5.95. The molecule has 1 heterocycles. The van der Waals surface area contributed by atoms with Gasteiger partial charge in [-0.05, 0) is 31.0 Å². The summed E-state index contributed by atoms with van der Waals surface area (Å²) < 4.78 is 27.2. The summed E-state index contributed by atoms with van der Waals surface area (Å²) in [6.45, 7) is 3.69. The van der Waals surface area contributed by atoms with Crippen molar-refractivity contribution in [2.45, 2.75) is 31.6 Å². The van der Waals surface area contributed by atoms with E-state index in [1.54, 1.807) is 13.0 Å². The number of nitrogens with one attached hydrogen (secondary N) is 2. The van der Waals surface area contributed by atoms with Crippen LogP contribution in [0, 0.1) is 6.92 Å². The second-order valence-electron chi connectivity index (χ2n) is 4.77. The van der Waals surface area contributed by atoms with Crippen LogP contribution in [-0.4, -0.2) is 18.6 Å². The van der Waals surface area contributed by atoms with E-state index in [0.29, 0.717) is 10.6 Å². The number of aryl methyl sites for hydroxylation is 2. The molecule has 2 rings (SSSR count). The molecule has 0 aliphatic heterocycles. The highest BCUT2D eigenvalue weighted by Crippen LogP contribution is 2.27. The summed E-state index contributed by atoms with van der Waals surface area (Å²) in [5, 5.41) is 7.07. The number of H-pyrrole nitrogens is 1. The van der Waals surface area contributed by atoms with E-state index in [-0.39, 0.29) is 16.4 Å². The van der Waals surface area contributed by atoms with Crippen LogP contribution in [-0.2, 0) is 16.4 Å². The zero-order chi connectivity index (χ0) is 15.6. The average Bonchev–Trinajstić information content (AvgIpc) is 2.80. The van der Waals surface area contributed by atoms with Gasteiger partial charge in [0.25, 0.3) is 10.0 Å². The van der Waals surface area contributed by atoms with E-state index in [1.807, 2.05) is 6.92 Å². The van der Waals surface area contributed by atoms with Crippen molar-refractivity contribution in [1.29, 1.82) is 0 Å². The summed E-state index contributed by atoms with van der Waals surface area (Å²) in [4.78, 5) is 0.0874. The van der Waals surface area contributed by atoms with Crippen LogP contribution in [0.15, 0.2) is 23.1 Å². The van der Waals surface area contributed by atoms with Crippen LogP contribution < -0.4 is 10.5 Å². The van der Waals surface area contributed by atoms with Gasteiger partial charge in [0, 0.05) is 11.8 Å². The molecule has 0 bridgehead atoms. The van der Waals surface area contributed by atoms with Crippen LogP contribution in [0.1, 0.15) is 24.6 Å². The zero-order valence-electron chi connectivity index (χ0n) is 11.8. The highest BCUT2D eigenvalue weighted by Gasteiger charge is 2.19. The molecule has 6 nitrogen and oxygen atoms in total. The Balaban J connectivity index is 2.31. The maximum Gasteiger partial charge on any atom is 0.263 e. The van der Waals surface area contributed by atoms with Crippen LogP contribution in [0.25, 0.3) is 0 Å². The second-order valence-corrected chi connectivity index (χ2v) is 6.83. The number of hydrogen-bond donors (Lipinski definition) is 3. The van der Waals surface area contributed by atoms with Gasteiger partial charge in [-0.25, -0.2) is 8.42 Å². The molecule has 0 amide bonds. The number of nitrogen functional groups attached to an aromatic ring is 1. The molecule has 0 radical (unpaired) electrons. The predicted molar refractivity (Wildman–Crippen MR) is 84.0 cm³/mol. The SMILES string of the molecule is CCCc1cc(NS(=O)(=O)c2cc(N)c(Cl)cc2C)n[nH]1. The normalized spacial score (nSPS) is 11.6. The first kappa shape index (κ1) is 15.7. The van der Waals surface area contributed by atoms with Gasteiger partial charge in [-0.15, -0.1) is 0 Å². The molecule has 0 aliphatic rings. The molecule has 0 saturated carbocycles. The first-order valence-corrected chi connectivity index (χ1v) is 8.32. The standard InChI is InChI=1S/C13H17ClN4O2S/c1-3-4-9-6-13(17-16-9)18-21(19,20)12-7-11(15)10(14)5-8(12)2/h5-7H,3-4,15H2,1-2H3,(H2,16,17,18). The number of rotatable bonds is 5. The van der Waals surface area contributed by atoms with Crippen LogP contribution in [0.3, 0.4) is 0 Å². The third-order valence-electron chi connectivity index (χ3n) is 2.97. The number of anilines is 2. The van der Waals surface area contributed by atoms with Crippen molar-refractivity contribution < 1.29 is 8.42 Å². The summed E-state index contributed by atoms with van der Waals surface area (Å²) in [5.74, 6) is 0.256. The first-order valence-electron chi connectivity index (χ1n) is 6.46. The minimum Gasteiger partial charge on any atom is -0.397 e. The summed E-state index contributed by atoms with van der Waals surface area (Å²) in [5.41, 5.74) is 7.29. The van der Waals surface area contributed by atoms with Crippen molar-refractivity contribution in [3.63, 3.8) is 0 Å². The molecule has 0 saturated heterocycles.